The summed E-state index contributed by atoms with van der Waals surface area (Å²) >= 11 is 0. The minimum absolute atomic E-state index is 0. The van der Waals surface area contributed by atoms with Crippen LogP contribution in [0.4, 0.5) is 0 Å². The zero-order valence-electron chi connectivity index (χ0n) is 16.7. The Morgan fingerprint density at radius 3 is 2.59 bits per heavy atom. The van der Waals surface area contributed by atoms with Gasteiger partial charge in [0, 0.05) is 37.3 Å². The lowest BCUT2D eigenvalue weighted by atomic mass is 9.98. The van der Waals surface area contributed by atoms with Gasteiger partial charge in [-0.3, -0.25) is 14.9 Å². The second-order valence-corrected chi connectivity index (χ2v) is 7.63. The molecule has 2 N–H and O–H groups in total. The monoisotopic (exact) mass is 481 g/mol. The Kier molecular flexibility index (Phi) is 8.28. The summed E-state index contributed by atoms with van der Waals surface area (Å²) in [6.45, 7) is 8.60. The maximum absolute atomic E-state index is 4.52. The van der Waals surface area contributed by atoms with Gasteiger partial charge in [-0.15, -0.1) is 24.0 Å². The van der Waals surface area contributed by atoms with Crippen molar-refractivity contribution in [1.82, 2.24) is 20.5 Å². The van der Waals surface area contributed by atoms with Crippen LogP contribution in [0, 0.1) is 0 Å². The zero-order chi connectivity index (χ0) is 18.4. The van der Waals surface area contributed by atoms with Crippen LogP contribution in [0.1, 0.15) is 38.7 Å². The number of aliphatic imine (C=N–C) groups is 1. The number of nitrogens with one attached hydrogen (secondary N) is 2. The first-order chi connectivity index (χ1) is 12.6. The molecule has 1 saturated heterocycles. The third kappa shape index (κ3) is 5.78. The van der Waals surface area contributed by atoms with E-state index in [2.05, 4.69) is 63.6 Å². The number of hydrogen-bond acceptors (Lipinski definition) is 3. The average Bonchev–Trinajstić information content (AvgIpc) is 2.69. The van der Waals surface area contributed by atoms with E-state index in [-0.39, 0.29) is 29.5 Å². The van der Waals surface area contributed by atoms with Crippen LogP contribution in [0.25, 0.3) is 10.9 Å². The second kappa shape index (κ2) is 10.2. The molecule has 1 aliphatic rings. The first kappa shape index (κ1) is 21.9. The fourth-order valence-electron chi connectivity index (χ4n) is 3.62. The molecule has 0 bridgehead atoms. The van der Waals surface area contributed by atoms with Gasteiger partial charge in [0.25, 0.3) is 0 Å². The van der Waals surface area contributed by atoms with Gasteiger partial charge in [-0.25, -0.2) is 0 Å². The Bertz CT molecular complexity index is 748. The maximum atomic E-state index is 4.52. The van der Waals surface area contributed by atoms with Crippen molar-refractivity contribution < 1.29 is 0 Å². The van der Waals surface area contributed by atoms with Crippen LogP contribution >= 0.6 is 24.0 Å². The molecule has 0 saturated carbocycles. The number of aromatic nitrogens is 1. The highest BCUT2D eigenvalue weighted by Crippen LogP contribution is 2.20. The van der Waals surface area contributed by atoms with Gasteiger partial charge in [0.2, 0.25) is 0 Å². The molecule has 1 aliphatic heterocycles. The molecule has 0 radical (unpaired) electrons. The lowest BCUT2D eigenvalue weighted by molar-refractivity contribution is 0.0982. The number of nitrogens with zero attached hydrogens (tertiary/aromatic N) is 3. The molecule has 27 heavy (non-hydrogen) atoms. The summed E-state index contributed by atoms with van der Waals surface area (Å²) in [6.07, 6.45) is 5.83. The van der Waals surface area contributed by atoms with Gasteiger partial charge in [-0.05, 0) is 51.4 Å². The van der Waals surface area contributed by atoms with Crippen LogP contribution in [0.5, 0.6) is 0 Å². The first-order valence-corrected chi connectivity index (χ1v) is 9.62. The number of fused-ring (bicyclic) bond motifs is 1. The lowest BCUT2D eigenvalue weighted by Gasteiger charge is -2.41. The van der Waals surface area contributed by atoms with Crippen LogP contribution in [0.15, 0.2) is 41.5 Å². The van der Waals surface area contributed by atoms with E-state index in [1.54, 1.807) is 0 Å². The largest absolute Gasteiger partial charge is 0.355 e. The summed E-state index contributed by atoms with van der Waals surface area (Å²) in [6, 6.07) is 10.4. The third-order valence-electron chi connectivity index (χ3n) is 5.29. The van der Waals surface area contributed by atoms with Gasteiger partial charge in [0.15, 0.2) is 5.96 Å². The highest BCUT2D eigenvalue weighted by molar-refractivity contribution is 14.0. The molecule has 2 heterocycles. The molecule has 1 aromatic carbocycles. The van der Waals surface area contributed by atoms with Gasteiger partial charge in [0.1, 0.15) is 0 Å². The first-order valence-electron chi connectivity index (χ1n) is 9.62. The third-order valence-corrected chi connectivity index (χ3v) is 5.29. The summed E-state index contributed by atoms with van der Waals surface area (Å²) in [5.74, 6) is 0.836. The number of para-hydroxylation sites is 1. The summed E-state index contributed by atoms with van der Waals surface area (Å²) in [5.41, 5.74) is 2.35. The molecule has 0 aliphatic carbocycles. The van der Waals surface area contributed by atoms with E-state index >= 15 is 0 Å². The fraction of sp³-hybridized carbons (Fsp3) is 0.524. The molecule has 3 rings (SSSR count). The Balaban J connectivity index is 0.00000261. The Morgan fingerprint density at radius 2 is 1.85 bits per heavy atom. The van der Waals surface area contributed by atoms with Gasteiger partial charge in [0.05, 0.1) is 5.52 Å². The number of likely N-dealkylation sites (tertiary alicyclic amines) is 1. The van der Waals surface area contributed by atoms with Crippen molar-refractivity contribution in [2.45, 2.75) is 45.2 Å². The molecule has 0 unspecified atom stereocenters. The van der Waals surface area contributed by atoms with E-state index in [4.69, 9.17) is 0 Å². The molecular weight excluding hydrogens is 449 g/mol. The zero-order valence-corrected chi connectivity index (χ0v) is 19.0. The summed E-state index contributed by atoms with van der Waals surface area (Å²) in [4.78, 5) is 11.5. The molecular formula is C21H32IN5. The normalized spacial score (nSPS) is 16.0. The second-order valence-electron chi connectivity index (χ2n) is 7.63. The van der Waals surface area contributed by atoms with E-state index in [0.29, 0.717) is 6.54 Å². The highest BCUT2D eigenvalue weighted by atomic mass is 127. The van der Waals surface area contributed by atoms with Crippen LogP contribution < -0.4 is 10.6 Å². The van der Waals surface area contributed by atoms with E-state index in [9.17, 15) is 0 Å². The van der Waals surface area contributed by atoms with Gasteiger partial charge in [-0.2, -0.15) is 0 Å². The summed E-state index contributed by atoms with van der Waals surface area (Å²) in [5, 5.41) is 8.10. The van der Waals surface area contributed by atoms with E-state index in [1.165, 1.54) is 43.3 Å². The smallest absolute Gasteiger partial charge is 0.191 e. The van der Waals surface area contributed by atoms with Crippen molar-refractivity contribution in [2.24, 2.45) is 4.99 Å². The van der Waals surface area contributed by atoms with Crippen molar-refractivity contribution in [3.05, 3.63) is 42.1 Å². The Labute approximate surface area is 180 Å². The fourth-order valence-corrected chi connectivity index (χ4v) is 3.62. The molecule has 1 aromatic heterocycles. The van der Waals surface area contributed by atoms with Crippen LogP contribution in [0.2, 0.25) is 0 Å². The maximum Gasteiger partial charge on any atom is 0.191 e. The molecule has 2 aromatic rings. The number of rotatable bonds is 5. The van der Waals surface area contributed by atoms with Crippen LogP contribution in [-0.2, 0) is 6.54 Å². The number of piperidine rings is 1. The van der Waals surface area contributed by atoms with E-state index in [1.807, 2.05) is 19.3 Å². The summed E-state index contributed by atoms with van der Waals surface area (Å²) in [7, 11) is 1.82. The van der Waals surface area contributed by atoms with Crippen molar-refractivity contribution in [1.29, 1.82) is 0 Å². The number of halogens is 1. The standard InChI is InChI=1S/C21H31N5.HI/c1-21(2,26-13-5-4-6-14-26)16-25-20(22-3)24-15-18-10-7-9-17-11-8-12-23-19(17)18;/h7-12H,4-6,13-16H2,1-3H3,(H2,22,24,25);1H. The van der Waals surface area contributed by atoms with Crippen LogP contribution in [-0.4, -0.2) is 48.1 Å². The van der Waals surface area contributed by atoms with Crippen molar-refractivity contribution in [2.75, 3.05) is 26.7 Å². The van der Waals surface area contributed by atoms with Gasteiger partial charge < -0.3 is 10.6 Å². The molecule has 1 fully saturated rings. The SMILES string of the molecule is CN=C(NCc1cccc2cccnc12)NCC(C)(C)N1CCCCC1.I. The number of hydrogen-bond donors (Lipinski definition) is 2. The van der Waals surface area contributed by atoms with Crippen molar-refractivity contribution in [3.8, 4) is 0 Å². The van der Waals surface area contributed by atoms with E-state index < -0.39 is 0 Å². The Hall–Kier alpha value is -1.41. The highest BCUT2D eigenvalue weighted by Gasteiger charge is 2.27. The topological polar surface area (TPSA) is 52.6 Å². The van der Waals surface area contributed by atoms with Gasteiger partial charge in [-0.1, -0.05) is 30.7 Å². The van der Waals surface area contributed by atoms with Gasteiger partial charge >= 0.3 is 0 Å². The number of guanidine groups is 1. The average molecular weight is 481 g/mol. The lowest BCUT2D eigenvalue weighted by Crippen LogP contribution is -2.54. The molecule has 148 valence electrons. The minimum atomic E-state index is 0. The molecule has 6 heteroatoms. The quantitative estimate of drug-likeness (QED) is 0.388. The molecule has 0 amide bonds. The predicted octanol–water partition coefficient (Wildman–Crippen LogP) is 3.78. The summed E-state index contributed by atoms with van der Waals surface area (Å²) < 4.78 is 0. The minimum Gasteiger partial charge on any atom is -0.355 e. The molecule has 5 nitrogen and oxygen atoms in total. The molecule has 0 spiro atoms. The molecule has 0 atom stereocenters. The number of benzene rings is 1. The Morgan fingerprint density at radius 1 is 1.11 bits per heavy atom. The number of pyridine rings is 1. The van der Waals surface area contributed by atoms with E-state index in [0.717, 1.165) is 18.0 Å². The van der Waals surface area contributed by atoms with Crippen molar-refractivity contribution in [3.63, 3.8) is 0 Å². The predicted molar refractivity (Wildman–Crippen MR) is 125 cm³/mol. The van der Waals surface area contributed by atoms with Crippen molar-refractivity contribution >= 4 is 40.8 Å². The van der Waals surface area contributed by atoms with Crippen LogP contribution in [0.3, 0.4) is 0 Å².